The largest absolute Gasteiger partial charge is 0.444 e. The van der Waals surface area contributed by atoms with Gasteiger partial charge in [-0.1, -0.05) is 0 Å². The average molecular weight is 397 g/mol. The number of alkyl carbamates (subject to hydrolysis) is 2. The highest BCUT2D eigenvalue weighted by Gasteiger charge is 2.21. The maximum absolute atomic E-state index is 11.9. The van der Waals surface area contributed by atoms with Crippen LogP contribution >= 0.6 is 0 Å². The quantitative estimate of drug-likeness (QED) is 0.424. The van der Waals surface area contributed by atoms with E-state index in [4.69, 9.17) is 14.0 Å². The van der Waals surface area contributed by atoms with E-state index < -0.39 is 45.3 Å². The van der Waals surface area contributed by atoms with Gasteiger partial charge in [0.1, 0.15) is 11.2 Å². The first-order valence-electron chi connectivity index (χ1n) is 8.49. The predicted octanol–water partition coefficient (Wildman–Crippen LogP) is 2.46. The number of hydrogen-bond donors (Lipinski definition) is 3. The lowest BCUT2D eigenvalue weighted by molar-refractivity contribution is 0.0487. The van der Waals surface area contributed by atoms with Crippen LogP contribution in [-0.2, 0) is 19.6 Å². The summed E-state index contributed by atoms with van der Waals surface area (Å²) < 4.78 is 41.0. The molecule has 0 bridgehead atoms. The number of hydrogen-bond acceptors (Lipinski definition) is 6. The molecule has 2 amide bonds. The molecule has 0 aliphatic heterocycles. The monoisotopic (exact) mass is 396 g/mol. The number of rotatable bonds is 8. The Morgan fingerprint density at radius 1 is 0.962 bits per heavy atom. The van der Waals surface area contributed by atoms with Crippen LogP contribution in [0.2, 0.25) is 0 Å². The molecule has 0 spiro atoms. The van der Waals surface area contributed by atoms with E-state index in [1.54, 1.807) is 41.5 Å². The van der Waals surface area contributed by atoms with Crippen molar-refractivity contribution in [3.05, 3.63) is 0 Å². The topological polar surface area (TPSA) is 131 Å². The van der Waals surface area contributed by atoms with Crippen LogP contribution < -0.4 is 10.6 Å². The predicted molar refractivity (Wildman–Crippen MR) is 97.7 cm³/mol. The van der Waals surface area contributed by atoms with E-state index in [9.17, 15) is 18.0 Å². The highest BCUT2D eigenvalue weighted by Crippen LogP contribution is 2.10. The summed E-state index contributed by atoms with van der Waals surface area (Å²) in [5, 5.41) is 5.18. The van der Waals surface area contributed by atoms with E-state index in [2.05, 4.69) is 10.6 Å². The molecule has 0 heterocycles. The standard InChI is InChI=1S/C16H32N2O7S/c1-15(2,3)24-13(19)17-10-7-8-12(9-11-26(21,22)23)18-14(20)25-16(4,5)6/h12H,7-11H2,1-6H3,(H,17,19)(H,18,20)(H,21,22,23). The number of nitrogens with one attached hydrogen (secondary N) is 2. The molecule has 0 rings (SSSR count). The highest BCUT2D eigenvalue weighted by molar-refractivity contribution is 7.85. The van der Waals surface area contributed by atoms with E-state index in [1.807, 2.05) is 0 Å². The summed E-state index contributed by atoms with van der Waals surface area (Å²) in [7, 11) is -4.14. The fraction of sp³-hybridized carbons (Fsp3) is 0.875. The lowest BCUT2D eigenvalue weighted by Crippen LogP contribution is -2.40. The molecule has 0 fully saturated rings. The van der Waals surface area contributed by atoms with Crippen LogP contribution in [0.15, 0.2) is 0 Å². The van der Waals surface area contributed by atoms with Crippen molar-refractivity contribution in [3.8, 4) is 0 Å². The fourth-order valence-corrected chi connectivity index (χ4v) is 2.49. The number of ether oxygens (including phenoxy) is 2. The SMILES string of the molecule is CC(C)(C)OC(=O)NCCCC(CCS(=O)(=O)O)NC(=O)OC(C)(C)C. The molecule has 0 radical (unpaired) electrons. The molecule has 1 atom stereocenters. The Hall–Kier alpha value is -1.55. The van der Waals surface area contributed by atoms with Crippen molar-refractivity contribution in [2.45, 2.75) is 78.0 Å². The van der Waals surface area contributed by atoms with E-state index in [0.29, 0.717) is 19.4 Å². The minimum atomic E-state index is -4.14. The second-order valence-electron chi connectivity index (χ2n) is 7.99. The molecule has 3 N–H and O–H groups in total. The van der Waals surface area contributed by atoms with Crippen LogP contribution in [-0.4, -0.2) is 54.7 Å². The second kappa shape index (κ2) is 9.96. The van der Waals surface area contributed by atoms with Crippen molar-refractivity contribution in [3.63, 3.8) is 0 Å². The Morgan fingerprint density at radius 3 is 1.92 bits per heavy atom. The molecule has 26 heavy (non-hydrogen) atoms. The molecule has 0 aliphatic carbocycles. The van der Waals surface area contributed by atoms with Crippen LogP contribution in [0.5, 0.6) is 0 Å². The molecule has 0 saturated heterocycles. The van der Waals surface area contributed by atoms with Gasteiger partial charge < -0.3 is 20.1 Å². The molecule has 0 aromatic carbocycles. The molecule has 0 saturated carbocycles. The minimum absolute atomic E-state index is 0.0323. The van der Waals surface area contributed by atoms with Crippen LogP contribution in [0.1, 0.15) is 60.8 Å². The van der Waals surface area contributed by atoms with Crippen molar-refractivity contribution in [1.29, 1.82) is 0 Å². The zero-order valence-corrected chi connectivity index (χ0v) is 17.2. The lowest BCUT2D eigenvalue weighted by atomic mass is 10.1. The Balaban J connectivity index is 4.48. The summed E-state index contributed by atoms with van der Waals surface area (Å²) in [4.78, 5) is 23.4. The minimum Gasteiger partial charge on any atom is -0.444 e. The van der Waals surface area contributed by atoms with Gasteiger partial charge in [-0.2, -0.15) is 8.42 Å². The van der Waals surface area contributed by atoms with Crippen LogP contribution in [0.25, 0.3) is 0 Å². The fourth-order valence-electron chi connectivity index (χ4n) is 1.91. The van der Waals surface area contributed by atoms with Crippen molar-refractivity contribution in [1.82, 2.24) is 10.6 Å². The van der Waals surface area contributed by atoms with Gasteiger partial charge in [0.15, 0.2) is 0 Å². The molecule has 1 unspecified atom stereocenters. The van der Waals surface area contributed by atoms with Crippen molar-refractivity contribution >= 4 is 22.3 Å². The van der Waals surface area contributed by atoms with Gasteiger partial charge in [0.2, 0.25) is 0 Å². The third kappa shape index (κ3) is 15.9. The molecular weight excluding hydrogens is 364 g/mol. The zero-order chi connectivity index (χ0) is 20.6. The molecule has 9 nitrogen and oxygen atoms in total. The summed E-state index contributed by atoms with van der Waals surface area (Å²) in [5.41, 5.74) is -1.28. The van der Waals surface area contributed by atoms with Crippen molar-refractivity contribution < 1.29 is 32.0 Å². The first-order valence-corrected chi connectivity index (χ1v) is 10.1. The molecule has 10 heteroatoms. The Labute approximate surface area is 155 Å². The van der Waals surface area contributed by atoms with Crippen molar-refractivity contribution in [2.75, 3.05) is 12.3 Å². The van der Waals surface area contributed by atoms with Gasteiger partial charge in [0, 0.05) is 12.6 Å². The Morgan fingerprint density at radius 2 is 1.46 bits per heavy atom. The van der Waals surface area contributed by atoms with Crippen LogP contribution in [0.4, 0.5) is 9.59 Å². The molecule has 154 valence electrons. The Kier molecular flexibility index (Phi) is 9.36. The first kappa shape index (κ1) is 24.5. The lowest BCUT2D eigenvalue weighted by Gasteiger charge is -2.24. The normalized spacial score (nSPS) is 13.7. The molecule has 0 aliphatic rings. The number of carbonyl (C=O) groups is 2. The van der Waals surface area contributed by atoms with Gasteiger partial charge in [-0.25, -0.2) is 9.59 Å². The van der Waals surface area contributed by atoms with E-state index in [-0.39, 0.29) is 6.42 Å². The van der Waals surface area contributed by atoms with Gasteiger partial charge >= 0.3 is 12.2 Å². The van der Waals surface area contributed by atoms with Gasteiger partial charge in [0.25, 0.3) is 10.1 Å². The number of carbonyl (C=O) groups excluding carboxylic acids is 2. The molecule has 0 aromatic rings. The summed E-state index contributed by atoms with van der Waals surface area (Å²) in [5.74, 6) is -0.479. The van der Waals surface area contributed by atoms with E-state index >= 15 is 0 Å². The molecular formula is C16H32N2O7S. The summed E-state index contributed by atoms with van der Waals surface area (Å²) >= 11 is 0. The average Bonchev–Trinajstić information content (AvgIpc) is 2.35. The highest BCUT2D eigenvalue weighted by atomic mass is 32.2. The van der Waals surface area contributed by atoms with Crippen LogP contribution in [0, 0.1) is 0 Å². The Bertz CT molecular complexity index is 562. The maximum Gasteiger partial charge on any atom is 0.407 e. The van der Waals surface area contributed by atoms with Gasteiger partial charge in [-0.15, -0.1) is 0 Å². The molecule has 0 aromatic heterocycles. The van der Waals surface area contributed by atoms with E-state index in [1.165, 1.54) is 0 Å². The third-order valence-corrected chi connectivity index (χ3v) is 3.59. The van der Waals surface area contributed by atoms with Gasteiger partial charge in [0.05, 0.1) is 5.75 Å². The maximum atomic E-state index is 11.9. The summed E-state index contributed by atoms with van der Waals surface area (Å²) in [6, 6.07) is -0.521. The van der Waals surface area contributed by atoms with Gasteiger partial charge in [-0.3, -0.25) is 4.55 Å². The summed E-state index contributed by atoms with van der Waals surface area (Å²) in [6.45, 7) is 10.7. The zero-order valence-electron chi connectivity index (χ0n) is 16.4. The van der Waals surface area contributed by atoms with Crippen LogP contribution in [0.3, 0.4) is 0 Å². The van der Waals surface area contributed by atoms with Gasteiger partial charge in [-0.05, 0) is 60.8 Å². The van der Waals surface area contributed by atoms with E-state index in [0.717, 1.165) is 0 Å². The third-order valence-electron chi connectivity index (χ3n) is 2.84. The second-order valence-corrected chi connectivity index (χ2v) is 9.56. The summed E-state index contributed by atoms with van der Waals surface area (Å²) in [6.07, 6.45) is -0.315. The first-order chi connectivity index (χ1) is 11.6. The smallest absolute Gasteiger partial charge is 0.407 e. The number of amides is 2. The van der Waals surface area contributed by atoms with Crippen molar-refractivity contribution in [2.24, 2.45) is 0 Å².